The molecule has 30 heavy (non-hydrogen) atoms. The van der Waals surface area contributed by atoms with Crippen LogP contribution in [-0.2, 0) is 31.3 Å². The quantitative estimate of drug-likeness (QED) is 0.667. The average molecular weight is 436 g/mol. The molecule has 10 nitrogen and oxygen atoms in total. The summed E-state index contributed by atoms with van der Waals surface area (Å²) in [5.41, 5.74) is 1.92. The highest BCUT2D eigenvalue weighted by molar-refractivity contribution is 7.89. The van der Waals surface area contributed by atoms with E-state index in [0.29, 0.717) is 30.2 Å². The molecule has 3 rings (SSSR count). The normalized spacial score (nSPS) is 15.0. The molecule has 1 aliphatic rings. The summed E-state index contributed by atoms with van der Waals surface area (Å²) in [6.45, 7) is 4.20. The summed E-state index contributed by atoms with van der Waals surface area (Å²) in [6.07, 6.45) is 1.37. The van der Waals surface area contributed by atoms with Crippen LogP contribution in [0.3, 0.4) is 0 Å². The third kappa shape index (κ3) is 4.69. The van der Waals surface area contributed by atoms with Crippen LogP contribution in [0.4, 0.5) is 5.69 Å². The number of aromatic nitrogens is 2. The predicted molar refractivity (Wildman–Crippen MR) is 108 cm³/mol. The van der Waals surface area contributed by atoms with Gasteiger partial charge in [-0.1, -0.05) is 6.07 Å². The lowest BCUT2D eigenvalue weighted by molar-refractivity contribution is -0.119. The number of amides is 1. The lowest BCUT2D eigenvalue weighted by Gasteiger charge is -2.26. The zero-order valence-corrected chi connectivity index (χ0v) is 17.9. The number of anilines is 1. The summed E-state index contributed by atoms with van der Waals surface area (Å²) in [5.74, 6) is -1.23. The van der Waals surface area contributed by atoms with Crippen molar-refractivity contribution in [3.8, 4) is 0 Å². The third-order valence-electron chi connectivity index (χ3n) is 4.88. The Morgan fingerprint density at radius 1 is 1.23 bits per heavy atom. The van der Waals surface area contributed by atoms with Gasteiger partial charge in [0.25, 0.3) is 5.91 Å². The molecule has 2 heterocycles. The fourth-order valence-corrected chi connectivity index (χ4v) is 4.36. The molecule has 0 atom stereocenters. The minimum absolute atomic E-state index is 0.0771. The molecule has 1 aromatic carbocycles. The highest BCUT2D eigenvalue weighted by atomic mass is 32.2. The number of nitrogens with zero attached hydrogens (tertiary/aromatic N) is 3. The molecular formula is C19H24N4O6S. The number of ether oxygens (including phenoxy) is 2. The number of hydrogen-bond acceptors (Lipinski definition) is 7. The first-order valence-corrected chi connectivity index (χ1v) is 10.8. The molecule has 0 aliphatic carbocycles. The number of aryl methyl sites for hydroxylation is 2. The van der Waals surface area contributed by atoms with Crippen molar-refractivity contribution >= 4 is 27.6 Å². The van der Waals surface area contributed by atoms with Crippen LogP contribution in [0, 0.1) is 13.8 Å². The van der Waals surface area contributed by atoms with E-state index in [9.17, 15) is 18.0 Å². The summed E-state index contributed by atoms with van der Waals surface area (Å²) < 4.78 is 38.8. The van der Waals surface area contributed by atoms with Crippen molar-refractivity contribution in [1.29, 1.82) is 0 Å². The van der Waals surface area contributed by atoms with Crippen LogP contribution in [0.15, 0.2) is 29.3 Å². The van der Waals surface area contributed by atoms with Gasteiger partial charge in [0.05, 0.1) is 24.3 Å². The summed E-state index contributed by atoms with van der Waals surface area (Å²) in [6, 6.07) is 4.53. The number of carbonyl (C=O) groups is 2. The monoisotopic (exact) mass is 436 g/mol. The maximum absolute atomic E-state index is 12.8. The van der Waals surface area contributed by atoms with E-state index in [1.54, 1.807) is 27.0 Å². The van der Waals surface area contributed by atoms with Crippen molar-refractivity contribution in [1.82, 2.24) is 14.1 Å². The Labute approximate surface area is 174 Å². The van der Waals surface area contributed by atoms with Crippen molar-refractivity contribution in [2.75, 3.05) is 38.2 Å². The highest BCUT2D eigenvalue weighted by Gasteiger charge is 2.27. The Morgan fingerprint density at radius 3 is 2.57 bits per heavy atom. The van der Waals surface area contributed by atoms with Crippen molar-refractivity contribution in [2.45, 2.75) is 18.7 Å². The van der Waals surface area contributed by atoms with Gasteiger partial charge in [0, 0.05) is 31.5 Å². The van der Waals surface area contributed by atoms with Crippen LogP contribution in [0.2, 0.25) is 0 Å². The molecule has 0 bridgehead atoms. The molecule has 0 spiro atoms. The maximum Gasteiger partial charge on any atom is 0.342 e. The number of sulfonamides is 1. The minimum Gasteiger partial charge on any atom is -0.452 e. The lowest BCUT2D eigenvalue weighted by atomic mass is 10.2. The summed E-state index contributed by atoms with van der Waals surface area (Å²) in [4.78, 5) is 24.5. The Bertz CT molecular complexity index is 1060. The van der Waals surface area contributed by atoms with Gasteiger partial charge in [-0.3, -0.25) is 9.48 Å². The Hall–Kier alpha value is -2.76. The van der Waals surface area contributed by atoms with Gasteiger partial charge < -0.3 is 14.8 Å². The number of carbonyl (C=O) groups excluding carboxylic acids is 2. The molecule has 11 heteroatoms. The third-order valence-corrected chi connectivity index (χ3v) is 6.78. The first-order valence-electron chi connectivity index (χ1n) is 9.34. The van der Waals surface area contributed by atoms with Crippen LogP contribution >= 0.6 is 0 Å². The average Bonchev–Trinajstić information content (AvgIpc) is 3.07. The topological polar surface area (TPSA) is 120 Å². The number of esters is 1. The van der Waals surface area contributed by atoms with Crippen molar-refractivity contribution in [2.24, 2.45) is 7.05 Å². The van der Waals surface area contributed by atoms with Gasteiger partial charge in [-0.05, 0) is 31.5 Å². The second-order valence-corrected chi connectivity index (χ2v) is 8.82. The van der Waals surface area contributed by atoms with Gasteiger partial charge in [-0.25, -0.2) is 13.2 Å². The van der Waals surface area contributed by atoms with Crippen molar-refractivity contribution in [3.63, 3.8) is 0 Å². The molecule has 0 unspecified atom stereocenters. The van der Waals surface area contributed by atoms with Crippen molar-refractivity contribution < 1.29 is 27.5 Å². The van der Waals surface area contributed by atoms with Crippen LogP contribution in [0.5, 0.6) is 0 Å². The molecule has 1 saturated heterocycles. The van der Waals surface area contributed by atoms with Crippen LogP contribution in [0.25, 0.3) is 0 Å². The van der Waals surface area contributed by atoms with Crippen LogP contribution < -0.4 is 5.32 Å². The first kappa shape index (κ1) is 21.9. The molecule has 1 amide bonds. The second-order valence-electron chi connectivity index (χ2n) is 6.88. The van der Waals surface area contributed by atoms with Crippen LogP contribution in [-0.4, -0.2) is 67.3 Å². The molecule has 2 aromatic rings. The fourth-order valence-electron chi connectivity index (χ4n) is 2.93. The number of hydrogen-bond donors (Lipinski definition) is 1. The van der Waals surface area contributed by atoms with Gasteiger partial charge in [0.2, 0.25) is 10.0 Å². The number of nitrogens with one attached hydrogen (secondary N) is 1. The SMILES string of the molecule is Cc1ccc(S(=O)(=O)N2CCOCC2)cc1NC(=O)COC(=O)c1cnn(C)c1C. The standard InChI is InChI=1S/C19H24N4O6S/c1-13-4-5-15(30(26,27)23-6-8-28-9-7-23)10-17(13)21-18(24)12-29-19(25)16-11-20-22(3)14(16)2/h4-5,10-11H,6-9,12H2,1-3H3,(H,21,24). The Kier molecular flexibility index (Phi) is 6.54. The van der Waals surface area contributed by atoms with Crippen LogP contribution in [0.1, 0.15) is 21.6 Å². The van der Waals surface area contributed by atoms with Crippen molar-refractivity contribution in [3.05, 3.63) is 41.2 Å². The second kappa shape index (κ2) is 8.94. The molecule has 0 saturated carbocycles. The molecule has 1 aliphatic heterocycles. The van der Waals surface area contributed by atoms with Gasteiger partial charge in [0.1, 0.15) is 5.56 Å². The number of benzene rings is 1. The largest absolute Gasteiger partial charge is 0.452 e. The fraction of sp³-hybridized carbons (Fsp3) is 0.421. The lowest BCUT2D eigenvalue weighted by Crippen LogP contribution is -2.40. The van der Waals surface area contributed by atoms with E-state index >= 15 is 0 Å². The predicted octanol–water partition coefficient (Wildman–Crippen LogP) is 0.853. The minimum atomic E-state index is -3.69. The van der Waals surface area contributed by atoms with E-state index < -0.39 is 28.5 Å². The smallest absolute Gasteiger partial charge is 0.342 e. The van der Waals surface area contributed by atoms with E-state index in [-0.39, 0.29) is 23.5 Å². The van der Waals surface area contributed by atoms with E-state index in [0.717, 1.165) is 0 Å². The molecular weight excluding hydrogens is 412 g/mol. The van der Waals surface area contributed by atoms with Gasteiger partial charge in [-0.15, -0.1) is 0 Å². The Balaban J connectivity index is 1.67. The first-order chi connectivity index (χ1) is 14.2. The highest BCUT2D eigenvalue weighted by Crippen LogP contribution is 2.23. The molecule has 162 valence electrons. The van der Waals surface area contributed by atoms with E-state index in [1.807, 2.05) is 0 Å². The van der Waals surface area contributed by atoms with E-state index in [4.69, 9.17) is 9.47 Å². The zero-order valence-electron chi connectivity index (χ0n) is 17.0. The number of rotatable bonds is 6. The number of morpholine rings is 1. The van der Waals surface area contributed by atoms with Gasteiger partial charge in [0.15, 0.2) is 6.61 Å². The molecule has 1 aromatic heterocycles. The molecule has 0 radical (unpaired) electrons. The zero-order chi connectivity index (χ0) is 21.9. The maximum atomic E-state index is 12.8. The van der Waals surface area contributed by atoms with Gasteiger partial charge in [-0.2, -0.15) is 9.40 Å². The van der Waals surface area contributed by atoms with Gasteiger partial charge >= 0.3 is 5.97 Å². The Morgan fingerprint density at radius 2 is 1.93 bits per heavy atom. The summed E-state index contributed by atoms with van der Waals surface area (Å²) in [7, 11) is -2.00. The van der Waals surface area contributed by atoms with E-state index in [2.05, 4.69) is 10.4 Å². The summed E-state index contributed by atoms with van der Waals surface area (Å²) in [5, 5.41) is 6.57. The molecule has 1 N–H and O–H groups in total. The summed E-state index contributed by atoms with van der Waals surface area (Å²) >= 11 is 0. The van der Waals surface area contributed by atoms with E-state index in [1.165, 1.54) is 27.3 Å². The molecule has 1 fully saturated rings.